The van der Waals surface area contributed by atoms with Gasteiger partial charge in [-0.3, -0.25) is 14.7 Å². The molecule has 5 heteroatoms. The lowest BCUT2D eigenvalue weighted by atomic mass is 9.90. The van der Waals surface area contributed by atoms with Gasteiger partial charge in [-0.05, 0) is 55.7 Å². The number of aromatic nitrogens is 2. The molecule has 2 aromatic carbocycles. The fourth-order valence-corrected chi connectivity index (χ4v) is 4.38. The quantitative estimate of drug-likeness (QED) is 0.400. The average Bonchev–Trinajstić information content (AvgIpc) is 2.85. The molecule has 0 fully saturated rings. The SMILES string of the molecule is C=N/C=C\C=C(/C)c1nc2c(c(=O)[nH]1)CC(N(Cc1ccccc1)Cc1ccccc1)CC2. The van der Waals surface area contributed by atoms with Gasteiger partial charge in [0.15, 0.2) is 0 Å². The Morgan fingerprint density at radius 2 is 1.76 bits per heavy atom. The van der Waals surface area contributed by atoms with Gasteiger partial charge >= 0.3 is 0 Å². The third kappa shape index (κ3) is 5.82. The molecule has 33 heavy (non-hydrogen) atoms. The lowest BCUT2D eigenvalue weighted by molar-refractivity contribution is 0.161. The summed E-state index contributed by atoms with van der Waals surface area (Å²) in [6, 6.07) is 21.4. The number of benzene rings is 2. The smallest absolute Gasteiger partial charge is 0.254 e. The van der Waals surface area contributed by atoms with Gasteiger partial charge < -0.3 is 4.98 Å². The first-order chi connectivity index (χ1) is 16.1. The van der Waals surface area contributed by atoms with E-state index in [2.05, 4.69) is 70.1 Å². The molecule has 0 amide bonds. The molecule has 0 bridgehead atoms. The number of rotatable bonds is 8. The highest BCUT2D eigenvalue weighted by Crippen LogP contribution is 2.25. The number of hydrogen-bond acceptors (Lipinski definition) is 4. The van der Waals surface area contributed by atoms with Crippen LogP contribution in [-0.2, 0) is 25.9 Å². The van der Waals surface area contributed by atoms with E-state index in [1.165, 1.54) is 11.1 Å². The number of aromatic amines is 1. The van der Waals surface area contributed by atoms with Crippen molar-refractivity contribution in [3.63, 3.8) is 0 Å². The number of allylic oxidation sites excluding steroid dienone is 3. The number of H-pyrrole nitrogens is 1. The van der Waals surface area contributed by atoms with E-state index < -0.39 is 0 Å². The third-order valence-corrected chi connectivity index (χ3v) is 6.14. The topological polar surface area (TPSA) is 61.4 Å². The summed E-state index contributed by atoms with van der Waals surface area (Å²) in [7, 11) is 0. The minimum atomic E-state index is -0.0300. The molecule has 0 aliphatic heterocycles. The number of nitrogens with zero attached hydrogens (tertiary/aromatic N) is 3. The molecule has 1 aromatic heterocycles. The predicted molar refractivity (Wildman–Crippen MR) is 135 cm³/mol. The van der Waals surface area contributed by atoms with Crippen LogP contribution in [0, 0.1) is 0 Å². The molecule has 0 saturated heterocycles. The van der Waals surface area contributed by atoms with Gasteiger partial charge in [-0.25, -0.2) is 4.98 Å². The molecule has 1 atom stereocenters. The molecule has 1 aliphatic rings. The summed E-state index contributed by atoms with van der Waals surface area (Å²) >= 11 is 0. The monoisotopic (exact) mass is 438 g/mol. The van der Waals surface area contributed by atoms with Crippen molar-refractivity contribution in [2.45, 2.75) is 45.3 Å². The molecule has 1 aliphatic carbocycles. The van der Waals surface area contributed by atoms with Gasteiger partial charge in [0.05, 0.1) is 5.69 Å². The van der Waals surface area contributed by atoms with E-state index in [1.54, 1.807) is 12.3 Å². The first-order valence-corrected chi connectivity index (χ1v) is 11.4. The first kappa shape index (κ1) is 22.6. The molecule has 1 unspecified atom stereocenters. The fraction of sp³-hybridized carbons (Fsp3) is 0.250. The zero-order valence-corrected chi connectivity index (χ0v) is 19.1. The Hall–Kier alpha value is -3.57. The highest BCUT2D eigenvalue weighted by Gasteiger charge is 2.27. The van der Waals surface area contributed by atoms with Crippen molar-refractivity contribution in [3.8, 4) is 0 Å². The van der Waals surface area contributed by atoms with E-state index in [0.29, 0.717) is 12.2 Å². The third-order valence-electron chi connectivity index (χ3n) is 6.14. The molecule has 0 spiro atoms. The van der Waals surface area contributed by atoms with Crippen LogP contribution in [0.3, 0.4) is 0 Å². The molecule has 3 aromatic rings. The van der Waals surface area contributed by atoms with Crippen molar-refractivity contribution >= 4 is 12.3 Å². The Balaban J connectivity index is 1.58. The second-order valence-electron chi connectivity index (χ2n) is 8.49. The largest absolute Gasteiger partial charge is 0.307 e. The summed E-state index contributed by atoms with van der Waals surface area (Å²) < 4.78 is 0. The number of nitrogens with one attached hydrogen (secondary N) is 1. The molecule has 5 nitrogen and oxygen atoms in total. The van der Waals surface area contributed by atoms with Crippen molar-refractivity contribution < 1.29 is 0 Å². The van der Waals surface area contributed by atoms with E-state index in [9.17, 15) is 4.79 Å². The van der Waals surface area contributed by atoms with Gasteiger partial charge in [0.2, 0.25) is 0 Å². The van der Waals surface area contributed by atoms with Crippen molar-refractivity contribution in [2.75, 3.05) is 0 Å². The summed E-state index contributed by atoms with van der Waals surface area (Å²) in [5, 5.41) is 0. The van der Waals surface area contributed by atoms with Crippen molar-refractivity contribution in [2.24, 2.45) is 4.99 Å². The molecule has 1 N–H and O–H groups in total. The normalized spacial score (nSPS) is 16.2. The number of fused-ring (bicyclic) bond motifs is 1. The van der Waals surface area contributed by atoms with E-state index in [4.69, 9.17) is 4.98 Å². The van der Waals surface area contributed by atoms with Crippen LogP contribution in [0.5, 0.6) is 0 Å². The lowest BCUT2D eigenvalue weighted by Crippen LogP contribution is -2.41. The van der Waals surface area contributed by atoms with Gasteiger partial charge in [0.1, 0.15) is 5.82 Å². The van der Waals surface area contributed by atoms with Gasteiger partial charge in [-0.15, -0.1) is 0 Å². The first-order valence-electron chi connectivity index (χ1n) is 11.4. The van der Waals surface area contributed by atoms with Gasteiger partial charge in [0, 0.05) is 30.9 Å². The Bertz CT molecular complexity index is 1150. The summed E-state index contributed by atoms with van der Waals surface area (Å²) in [5.41, 5.74) is 5.17. The summed E-state index contributed by atoms with van der Waals surface area (Å²) in [4.78, 5) is 27.0. The predicted octanol–water partition coefficient (Wildman–Crippen LogP) is 4.95. The van der Waals surface area contributed by atoms with Crippen LogP contribution in [0.15, 0.2) is 88.8 Å². The lowest BCUT2D eigenvalue weighted by Gasteiger charge is -2.35. The zero-order chi connectivity index (χ0) is 23.0. The van der Waals surface area contributed by atoms with Gasteiger partial charge in [0.25, 0.3) is 5.56 Å². The Morgan fingerprint density at radius 1 is 1.12 bits per heavy atom. The molecular formula is C28H30N4O. The highest BCUT2D eigenvalue weighted by atomic mass is 16.1. The number of hydrogen-bond donors (Lipinski definition) is 1. The number of aliphatic imine (C=N–C) groups is 1. The standard InChI is InChI=1S/C28H30N4O/c1-21(10-9-17-29-2)27-30-26-16-15-24(18-25(26)28(33)31-27)32(19-22-11-5-3-6-12-22)20-23-13-7-4-8-14-23/h3-14,17,24H,2,15-16,18-20H2,1H3,(H,30,31,33)/b17-9-,21-10+. The van der Waals surface area contributed by atoms with Crippen LogP contribution in [0.2, 0.25) is 0 Å². The van der Waals surface area contributed by atoms with Gasteiger partial charge in [-0.1, -0.05) is 66.7 Å². The Kier molecular flexibility index (Phi) is 7.43. The summed E-state index contributed by atoms with van der Waals surface area (Å²) in [6.07, 6.45) is 7.77. The van der Waals surface area contributed by atoms with Crippen LogP contribution in [-0.4, -0.2) is 27.6 Å². The maximum Gasteiger partial charge on any atom is 0.254 e. The number of aryl methyl sites for hydroxylation is 1. The van der Waals surface area contributed by atoms with E-state index >= 15 is 0 Å². The second kappa shape index (κ2) is 10.8. The Morgan fingerprint density at radius 3 is 2.36 bits per heavy atom. The molecule has 0 saturated carbocycles. The molecule has 4 rings (SSSR count). The van der Waals surface area contributed by atoms with Crippen LogP contribution in [0.1, 0.15) is 41.6 Å². The van der Waals surface area contributed by atoms with Crippen molar-refractivity contribution in [1.29, 1.82) is 0 Å². The van der Waals surface area contributed by atoms with E-state index in [-0.39, 0.29) is 11.6 Å². The molecule has 168 valence electrons. The fourth-order valence-electron chi connectivity index (χ4n) is 4.38. The maximum absolute atomic E-state index is 13.0. The minimum Gasteiger partial charge on any atom is -0.307 e. The molecule has 0 radical (unpaired) electrons. The summed E-state index contributed by atoms with van der Waals surface area (Å²) in [5.74, 6) is 0.622. The Labute approximate surface area is 195 Å². The minimum absolute atomic E-state index is 0.0300. The molecular weight excluding hydrogens is 408 g/mol. The summed E-state index contributed by atoms with van der Waals surface area (Å²) in [6.45, 7) is 7.07. The average molecular weight is 439 g/mol. The van der Waals surface area contributed by atoms with E-state index in [1.807, 2.05) is 25.1 Å². The highest BCUT2D eigenvalue weighted by molar-refractivity contribution is 5.59. The molecule has 1 heterocycles. The van der Waals surface area contributed by atoms with Crippen LogP contribution in [0.4, 0.5) is 0 Å². The van der Waals surface area contributed by atoms with Crippen LogP contribution < -0.4 is 5.56 Å². The van der Waals surface area contributed by atoms with Crippen LogP contribution in [0.25, 0.3) is 5.57 Å². The second-order valence-corrected chi connectivity index (χ2v) is 8.49. The maximum atomic E-state index is 13.0. The van der Waals surface area contributed by atoms with Crippen LogP contribution >= 0.6 is 0 Å². The zero-order valence-electron chi connectivity index (χ0n) is 19.1. The van der Waals surface area contributed by atoms with E-state index in [0.717, 1.165) is 42.8 Å². The van der Waals surface area contributed by atoms with Gasteiger partial charge in [-0.2, -0.15) is 0 Å². The van der Waals surface area contributed by atoms with Crippen molar-refractivity contribution in [1.82, 2.24) is 14.9 Å². The van der Waals surface area contributed by atoms with Crippen molar-refractivity contribution in [3.05, 3.63) is 118 Å².